The van der Waals surface area contributed by atoms with Crippen LogP contribution in [-0.4, -0.2) is 38.6 Å². The number of aromatic nitrogens is 2. The highest BCUT2D eigenvalue weighted by Crippen LogP contribution is 2.22. The number of aryl methyl sites for hydroxylation is 1. The molecule has 0 saturated carbocycles. The molecule has 1 aromatic carbocycles. The Morgan fingerprint density at radius 3 is 2.60 bits per heavy atom. The van der Waals surface area contributed by atoms with Gasteiger partial charge < -0.3 is 14.6 Å². The molecule has 1 fully saturated rings. The molecule has 2 heterocycles. The Morgan fingerprint density at radius 1 is 1.24 bits per heavy atom. The number of aliphatic hydroxyl groups excluding tert-OH is 1. The highest BCUT2D eigenvalue weighted by atomic mass is 16.3. The van der Waals surface area contributed by atoms with Gasteiger partial charge >= 0.3 is 5.69 Å². The third-order valence-electron chi connectivity index (χ3n) is 4.64. The second kappa shape index (κ2) is 7.06. The van der Waals surface area contributed by atoms with Gasteiger partial charge in [0.2, 0.25) is 0 Å². The molecule has 3 rings (SSSR count). The Labute approximate surface area is 144 Å². The molecule has 0 radical (unpaired) electrons. The largest absolute Gasteiger partial charge is 0.392 e. The molecular weight excluding hydrogens is 322 g/mol. The zero-order chi connectivity index (χ0) is 18.0. The van der Waals surface area contributed by atoms with Crippen molar-refractivity contribution in [3.8, 4) is 0 Å². The smallest absolute Gasteiger partial charge is 0.328 e. The molecule has 1 aliphatic rings. The van der Waals surface area contributed by atoms with E-state index >= 15 is 0 Å². The average molecular weight is 343 g/mol. The van der Waals surface area contributed by atoms with Crippen LogP contribution in [0.5, 0.6) is 0 Å². The molecule has 1 aliphatic heterocycles. The first-order chi connectivity index (χ1) is 12.0. The fourth-order valence-corrected chi connectivity index (χ4v) is 3.18. The first-order valence-corrected chi connectivity index (χ1v) is 8.26. The lowest BCUT2D eigenvalue weighted by Crippen LogP contribution is -2.37. The molecule has 1 unspecified atom stereocenters. The second-order valence-electron chi connectivity index (χ2n) is 6.50. The van der Waals surface area contributed by atoms with Crippen molar-refractivity contribution in [2.24, 2.45) is 13.0 Å². The van der Waals surface area contributed by atoms with E-state index in [1.807, 2.05) is 24.3 Å². The first-order valence-electron chi connectivity index (χ1n) is 8.26. The van der Waals surface area contributed by atoms with Gasteiger partial charge in [0, 0.05) is 26.3 Å². The van der Waals surface area contributed by atoms with Crippen molar-refractivity contribution < 1.29 is 9.90 Å². The number of hydrogen-bond donors (Lipinski definition) is 2. The lowest BCUT2D eigenvalue weighted by atomic mass is 9.98. The molecule has 25 heavy (non-hydrogen) atoms. The molecule has 1 saturated heterocycles. The molecule has 7 nitrogen and oxygen atoms in total. The maximum atomic E-state index is 12.6. The number of benzene rings is 1. The normalized spacial score (nSPS) is 17.0. The number of H-pyrrole nitrogens is 1. The van der Waals surface area contributed by atoms with E-state index in [0.29, 0.717) is 19.0 Å². The molecule has 0 bridgehead atoms. The summed E-state index contributed by atoms with van der Waals surface area (Å²) < 4.78 is 1.20. The van der Waals surface area contributed by atoms with Crippen molar-refractivity contribution in [2.45, 2.75) is 19.4 Å². The van der Waals surface area contributed by atoms with Gasteiger partial charge in [-0.05, 0) is 29.9 Å². The maximum absolute atomic E-state index is 12.6. The van der Waals surface area contributed by atoms with Crippen LogP contribution in [0, 0.1) is 5.92 Å². The monoisotopic (exact) mass is 343 g/mol. The summed E-state index contributed by atoms with van der Waals surface area (Å²) in [6, 6.07) is 7.79. The minimum Gasteiger partial charge on any atom is -0.392 e. The van der Waals surface area contributed by atoms with Gasteiger partial charge in [-0.2, -0.15) is 0 Å². The van der Waals surface area contributed by atoms with E-state index in [9.17, 15) is 14.4 Å². The summed E-state index contributed by atoms with van der Waals surface area (Å²) in [7, 11) is 1.50. The standard InChI is InChI=1S/C18H21N3O4/c1-20-10-15(16(23)19-18(20)25)17(24)21-7-6-14(9-21)8-12-2-4-13(11-22)5-3-12/h2-5,10,14,22H,6-9,11H2,1H3,(H,19,23,25). The van der Waals surface area contributed by atoms with Crippen molar-refractivity contribution in [1.82, 2.24) is 14.5 Å². The fourth-order valence-electron chi connectivity index (χ4n) is 3.18. The Bertz CT molecular complexity index is 882. The van der Waals surface area contributed by atoms with Crippen LogP contribution in [0.25, 0.3) is 0 Å². The van der Waals surface area contributed by atoms with E-state index in [-0.39, 0.29) is 18.1 Å². The minimum atomic E-state index is -0.642. The van der Waals surface area contributed by atoms with Crippen molar-refractivity contribution >= 4 is 5.91 Å². The van der Waals surface area contributed by atoms with E-state index < -0.39 is 11.2 Å². The van der Waals surface area contributed by atoms with Crippen LogP contribution in [0.3, 0.4) is 0 Å². The number of hydrogen-bond acceptors (Lipinski definition) is 4. The lowest BCUT2D eigenvalue weighted by molar-refractivity contribution is 0.0784. The van der Waals surface area contributed by atoms with Crippen molar-refractivity contribution in [3.05, 3.63) is 68.0 Å². The third kappa shape index (κ3) is 3.71. The third-order valence-corrected chi connectivity index (χ3v) is 4.64. The lowest BCUT2D eigenvalue weighted by Gasteiger charge is -2.16. The van der Waals surface area contributed by atoms with Gasteiger partial charge in [0.1, 0.15) is 5.56 Å². The molecule has 1 atom stereocenters. The second-order valence-corrected chi connectivity index (χ2v) is 6.50. The van der Waals surface area contributed by atoms with Crippen molar-refractivity contribution in [1.29, 1.82) is 0 Å². The Hall–Kier alpha value is -2.67. The number of aromatic amines is 1. The molecule has 7 heteroatoms. The zero-order valence-electron chi connectivity index (χ0n) is 14.1. The number of rotatable bonds is 4. The molecular formula is C18H21N3O4. The van der Waals surface area contributed by atoms with Crippen LogP contribution in [0.2, 0.25) is 0 Å². The molecule has 1 amide bonds. The number of carbonyl (C=O) groups excluding carboxylic acids is 1. The van der Waals surface area contributed by atoms with E-state index in [1.165, 1.54) is 17.8 Å². The maximum Gasteiger partial charge on any atom is 0.328 e. The number of nitrogens with one attached hydrogen (secondary N) is 1. The predicted octanol–water partition coefficient (Wildman–Crippen LogP) is 0.271. The van der Waals surface area contributed by atoms with Crippen LogP contribution in [0.1, 0.15) is 27.9 Å². The number of amides is 1. The summed E-state index contributed by atoms with van der Waals surface area (Å²) in [4.78, 5) is 39.7. The molecule has 132 valence electrons. The molecule has 0 aliphatic carbocycles. The van der Waals surface area contributed by atoms with E-state index in [4.69, 9.17) is 5.11 Å². The van der Waals surface area contributed by atoms with Gasteiger partial charge in [-0.15, -0.1) is 0 Å². The Kier molecular flexibility index (Phi) is 4.85. The van der Waals surface area contributed by atoms with E-state index in [2.05, 4.69) is 4.98 Å². The molecule has 2 aromatic rings. The van der Waals surface area contributed by atoms with Crippen LogP contribution in [0.15, 0.2) is 40.1 Å². The zero-order valence-corrected chi connectivity index (χ0v) is 14.1. The number of likely N-dealkylation sites (tertiary alicyclic amines) is 1. The minimum absolute atomic E-state index is 0.00458. The SMILES string of the molecule is Cn1cc(C(=O)N2CCC(Cc3ccc(CO)cc3)C2)c(=O)[nH]c1=O. The van der Waals surface area contributed by atoms with Crippen molar-refractivity contribution in [3.63, 3.8) is 0 Å². The summed E-state index contributed by atoms with van der Waals surface area (Å²) in [5.41, 5.74) is 0.857. The van der Waals surface area contributed by atoms with Crippen LogP contribution < -0.4 is 11.2 Å². The summed E-state index contributed by atoms with van der Waals surface area (Å²) in [5, 5.41) is 9.08. The quantitative estimate of drug-likeness (QED) is 0.833. The van der Waals surface area contributed by atoms with Crippen LogP contribution in [0.4, 0.5) is 0 Å². The number of carbonyl (C=O) groups is 1. The van der Waals surface area contributed by atoms with Crippen molar-refractivity contribution in [2.75, 3.05) is 13.1 Å². The highest BCUT2D eigenvalue weighted by molar-refractivity contribution is 5.93. The van der Waals surface area contributed by atoms with E-state index in [1.54, 1.807) is 4.90 Å². The Morgan fingerprint density at radius 2 is 1.92 bits per heavy atom. The fraction of sp³-hybridized carbons (Fsp3) is 0.389. The first kappa shape index (κ1) is 17.2. The Balaban J connectivity index is 1.68. The molecule has 1 aromatic heterocycles. The highest BCUT2D eigenvalue weighted by Gasteiger charge is 2.28. The summed E-state index contributed by atoms with van der Waals surface area (Å²) in [6.45, 7) is 1.21. The molecule has 2 N–H and O–H groups in total. The average Bonchev–Trinajstić information content (AvgIpc) is 3.07. The number of nitrogens with zero attached hydrogens (tertiary/aromatic N) is 2. The summed E-state index contributed by atoms with van der Waals surface area (Å²) in [6.07, 6.45) is 3.01. The van der Waals surface area contributed by atoms with Crippen LogP contribution in [-0.2, 0) is 20.1 Å². The number of aliphatic hydroxyl groups is 1. The topological polar surface area (TPSA) is 95.4 Å². The van der Waals surface area contributed by atoms with Gasteiger partial charge in [-0.1, -0.05) is 24.3 Å². The van der Waals surface area contributed by atoms with Gasteiger partial charge in [0.15, 0.2) is 0 Å². The van der Waals surface area contributed by atoms with Gasteiger partial charge in [-0.25, -0.2) is 4.79 Å². The molecule has 0 spiro atoms. The van der Waals surface area contributed by atoms with Gasteiger partial charge in [-0.3, -0.25) is 14.6 Å². The summed E-state index contributed by atoms with van der Waals surface area (Å²) >= 11 is 0. The van der Waals surface area contributed by atoms with Crippen LogP contribution >= 0.6 is 0 Å². The summed E-state index contributed by atoms with van der Waals surface area (Å²) in [5.74, 6) is -0.00878. The van der Waals surface area contributed by atoms with Gasteiger partial charge in [0.25, 0.3) is 11.5 Å². The van der Waals surface area contributed by atoms with E-state index in [0.717, 1.165) is 24.0 Å². The predicted molar refractivity (Wildman–Crippen MR) is 92.4 cm³/mol. The van der Waals surface area contributed by atoms with Gasteiger partial charge in [0.05, 0.1) is 6.61 Å².